The molecule has 5 atom stereocenters. The van der Waals surface area contributed by atoms with Gasteiger partial charge in [-0.25, -0.2) is 13.2 Å². The summed E-state index contributed by atoms with van der Waals surface area (Å²) in [5.74, 6) is -0.0958. The maximum atomic E-state index is 13.3. The molecule has 0 heterocycles. The number of fused-ring (bicyclic) bond motifs is 1. The first-order chi connectivity index (χ1) is 6.20. The zero-order valence-electron chi connectivity index (χ0n) is 7.56. The summed E-state index contributed by atoms with van der Waals surface area (Å²) in [6.45, 7) is 0. The second-order valence-corrected chi connectivity index (χ2v) is 4.35. The second kappa shape index (κ2) is 3.50. The SMILES string of the molecule is FC1CC2CCCCC2C(F)C1F. The average Bonchev–Trinajstić information content (AvgIpc) is 2.15. The van der Waals surface area contributed by atoms with Crippen LogP contribution in [0.15, 0.2) is 0 Å². The molecule has 0 aromatic carbocycles. The largest absolute Gasteiger partial charge is 0.244 e. The molecule has 0 spiro atoms. The fourth-order valence-electron chi connectivity index (χ4n) is 2.80. The lowest BCUT2D eigenvalue weighted by Crippen LogP contribution is -2.45. The third-order valence-corrected chi connectivity index (χ3v) is 3.55. The van der Waals surface area contributed by atoms with Crippen LogP contribution in [0.3, 0.4) is 0 Å². The average molecular weight is 192 g/mol. The summed E-state index contributed by atoms with van der Waals surface area (Å²) in [7, 11) is 0. The predicted octanol–water partition coefficient (Wildman–Crippen LogP) is 3.21. The zero-order chi connectivity index (χ0) is 9.42. The molecule has 0 N–H and O–H groups in total. The molecule has 2 aliphatic carbocycles. The molecule has 0 bridgehead atoms. The van der Waals surface area contributed by atoms with Gasteiger partial charge >= 0.3 is 0 Å². The first kappa shape index (κ1) is 9.35. The summed E-state index contributed by atoms with van der Waals surface area (Å²) in [4.78, 5) is 0. The monoisotopic (exact) mass is 192 g/mol. The summed E-state index contributed by atoms with van der Waals surface area (Å²) in [6.07, 6.45) is -1.06. The van der Waals surface area contributed by atoms with E-state index in [1.165, 1.54) is 0 Å². The lowest BCUT2D eigenvalue weighted by molar-refractivity contribution is -0.0414. The van der Waals surface area contributed by atoms with Gasteiger partial charge in [0.2, 0.25) is 0 Å². The molecule has 2 aliphatic rings. The van der Waals surface area contributed by atoms with E-state index in [1.54, 1.807) is 0 Å². The third kappa shape index (κ3) is 1.57. The van der Waals surface area contributed by atoms with Crippen molar-refractivity contribution in [1.29, 1.82) is 0 Å². The molecule has 0 aromatic heterocycles. The lowest BCUT2D eigenvalue weighted by Gasteiger charge is -2.40. The van der Waals surface area contributed by atoms with Crippen LogP contribution in [0.4, 0.5) is 13.2 Å². The second-order valence-electron chi connectivity index (χ2n) is 4.35. The minimum atomic E-state index is -1.86. The van der Waals surface area contributed by atoms with Gasteiger partial charge in [-0.15, -0.1) is 0 Å². The van der Waals surface area contributed by atoms with Crippen LogP contribution in [0.5, 0.6) is 0 Å². The summed E-state index contributed by atoms with van der Waals surface area (Å²) < 4.78 is 39.3. The molecule has 0 nitrogen and oxygen atoms in total. The standard InChI is InChI=1S/C10H15F3/c11-8-5-6-3-1-2-4-7(6)9(12)10(8)13/h6-10H,1-5H2. The van der Waals surface area contributed by atoms with Crippen LogP contribution < -0.4 is 0 Å². The molecule has 0 radical (unpaired) electrons. The molecule has 76 valence electrons. The summed E-state index contributed by atoms with van der Waals surface area (Å²) >= 11 is 0. The van der Waals surface area contributed by atoms with Gasteiger partial charge in [0.1, 0.15) is 12.3 Å². The molecular weight excluding hydrogens is 177 g/mol. The molecule has 0 aromatic rings. The van der Waals surface area contributed by atoms with Gasteiger partial charge in [-0.05, 0) is 31.1 Å². The highest BCUT2D eigenvalue weighted by molar-refractivity contribution is 4.94. The van der Waals surface area contributed by atoms with Crippen LogP contribution in [0.1, 0.15) is 32.1 Å². The van der Waals surface area contributed by atoms with E-state index < -0.39 is 18.5 Å². The Kier molecular flexibility index (Phi) is 2.52. The molecule has 2 saturated carbocycles. The Hall–Kier alpha value is -0.210. The normalized spacial score (nSPS) is 51.5. The molecule has 5 unspecified atom stereocenters. The van der Waals surface area contributed by atoms with Gasteiger partial charge in [0, 0.05) is 0 Å². The van der Waals surface area contributed by atoms with E-state index in [0.717, 1.165) is 25.7 Å². The van der Waals surface area contributed by atoms with E-state index in [1.807, 2.05) is 0 Å². The molecule has 2 fully saturated rings. The van der Waals surface area contributed by atoms with Crippen LogP contribution in [0, 0.1) is 11.8 Å². The van der Waals surface area contributed by atoms with Gasteiger partial charge in [0.05, 0.1) is 0 Å². The number of halogens is 3. The van der Waals surface area contributed by atoms with Gasteiger partial charge in [0.15, 0.2) is 6.17 Å². The molecule has 0 aliphatic heterocycles. The topological polar surface area (TPSA) is 0 Å². The van der Waals surface area contributed by atoms with Crippen LogP contribution in [0.25, 0.3) is 0 Å². The maximum absolute atomic E-state index is 13.3. The zero-order valence-corrected chi connectivity index (χ0v) is 7.56. The van der Waals surface area contributed by atoms with Crippen molar-refractivity contribution in [2.75, 3.05) is 0 Å². The number of rotatable bonds is 0. The first-order valence-corrected chi connectivity index (χ1v) is 5.12. The van der Waals surface area contributed by atoms with Gasteiger partial charge in [-0.2, -0.15) is 0 Å². The Morgan fingerprint density at radius 1 is 0.846 bits per heavy atom. The Morgan fingerprint density at radius 3 is 2.31 bits per heavy atom. The van der Waals surface area contributed by atoms with E-state index in [2.05, 4.69) is 0 Å². The smallest absolute Gasteiger partial charge is 0.162 e. The van der Waals surface area contributed by atoms with Gasteiger partial charge < -0.3 is 0 Å². The van der Waals surface area contributed by atoms with Crippen molar-refractivity contribution in [3.05, 3.63) is 0 Å². The summed E-state index contributed by atoms with van der Waals surface area (Å²) in [5, 5.41) is 0. The summed E-state index contributed by atoms with van der Waals surface area (Å²) in [5.41, 5.74) is 0. The van der Waals surface area contributed by atoms with Crippen LogP contribution >= 0.6 is 0 Å². The molecule has 3 heteroatoms. The highest BCUT2D eigenvalue weighted by Gasteiger charge is 2.46. The van der Waals surface area contributed by atoms with E-state index in [0.29, 0.717) is 0 Å². The van der Waals surface area contributed by atoms with Crippen LogP contribution in [0.2, 0.25) is 0 Å². The quantitative estimate of drug-likeness (QED) is 0.553. The van der Waals surface area contributed by atoms with Gasteiger partial charge in [0.25, 0.3) is 0 Å². The Labute approximate surface area is 76.5 Å². The molecular formula is C10H15F3. The van der Waals surface area contributed by atoms with E-state index in [9.17, 15) is 13.2 Å². The highest BCUT2D eigenvalue weighted by Crippen LogP contribution is 2.43. The minimum Gasteiger partial charge on any atom is -0.244 e. The van der Waals surface area contributed by atoms with Crippen molar-refractivity contribution in [2.45, 2.75) is 50.6 Å². The summed E-state index contributed by atoms with van der Waals surface area (Å²) in [6, 6.07) is 0. The first-order valence-electron chi connectivity index (χ1n) is 5.12. The Balaban J connectivity index is 2.08. The minimum absolute atomic E-state index is 0.103. The van der Waals surface area contributed by atoms with Gasteiger partial charge in [-0.3, -0.25) is 0 Å². The number of hydrogen-bond acceptors (Lipinski definition) is 0. The molecule has 0 saturated heterocycles. The highest BCUT2D eigenvalue weighted by atomic mass is 19.2. The lowest BCUT2D eigenvalue weighted by atomic mass is 9.69. The van der Waals surface area contributed by atoms with Crippen LogP contribution in [-0.4, -0.2) is 18.5 Å². The molecule has 0 amide bonds. The van der Waals surface area contributed by atoms with Crippen LogP contribution in [-0.2, 0) is 0 Å². The van der Waals surface area contributed by atoms with Gasteiger partial charge in [-0.1, -0.05) is 12.8 Å². The van der Waals surface area contributed by atoms with Crippen molar-refractivity contribution in [1.82, 2.24) is 0 Å². The Morgan fingerprint density at radius 2 is 1.54 bits per heavy atom. The van der Waals surface area contributed by atoms with Crippen molar-refractivity contribution >= 4 is 0 Å². The van der Waals surface area contributed by atoms with Crippen molar-refractivity contribution in [3.8, 4) is 0 Å². The maximum Gasteiger partial charge on any atom is 0.162 e. The number of alkyl halides is 3. The fraction of sp³-hybridized carbons (Fsp3) is 1.00. The predicted molar refractivity (Wildman–Crippen MR) is 44.8 cm³/mol. The molecule has 2 rings (SSSR count). The fourth-order valence-corrected chi connectivity index (χ4v) is 2.80. The van der Waals surface area contributed by atoms with E-state index >= 15 is 0 Å². The van der Waals surface area contributed by atoms with Crippen molar-refractivity contribution in [2.24, 2.45) is 11.8 Å². The molecule has 13 heavy (non-hydrogen) atoms. The van der Waals surface area contributed by atoms with Crippen molar-refractivity contribution in [3.63, 3.8) is 0 Å². The van der Waals surface area contributed by atoms with Crippen molar-refractivity contribution < 1.29 is 13.2 Å². The number of hydrogen-bond donors (Lipinski definition) is 0. The third-order valence-electron chi connectivity index (χ3n) is 3.55. The van der Waals surface area contributed by atoms with E-state index in [4.69, 9.17) is 0 Å². The Bertz CT molecular complexity index is 181. The van der Waals surface area contributed by atoms with E-state index in [-0.39, 0.29) is 18.3 Å².